The van der Waals surface area contributed by atoms with Gasteiger partial charge in [0.05, 0.1) is 23.0 Å². The van der Waals surface area contributed by atoms with Crippen molar-refractivity contribution in [3.8, 4) is 5.75 Å². The van der Waals surface area contributed by atoms with E-state index >= 15 is 0 Å². The molecule has 0 unspecified atom stereocenters. The first-order valence-corrected chi connectivity index (χ1v) is 10.3. The Morgan fingerprint density at radius 3 is 2.72 bits per heavy atom. The Morgan fingerprint density at radius 2 is 1.86 bits per heavy atom. The van der Waals surface area contributed by atoms with E-state index in [1.165, 1.54) is 0 Å². The molecule has 29 heavy (non-hydrogen) atoms. The molecule has 3 aliphatic rings. The van der Waals surface area contributed by atoms with Crippen molar-refractivity contribution >= 4 is 33.2 Å². The maximum atomic E-state index is 13.3. The third-order valence-electron chi connectivity index (χ3n) is 5.78. The lowest BCUT2D eigenvalue weighted by atomic mass is 9.92. The van der Waals surface area contributed by atoms with Gasteiger partial charge in [0.1, 0.15) is 5.75 Å². The normalized spacial score (nSPS) is 23.8. The van der Waals surface area contributed by atoms with Gasteiger partial charge in [-0.2, -0.15) is 5.10 Å². The van der Waals surface area contributed by atoms with E-state index in [0.717, 1.165) is 32.6 Å². The van der Waals surface area contributed by atoms with E-state index in [4.69, 9.17) is 9.84 Å². The number of rotatable bonds is 1. The molecule has 142 valence electrons. The van der Waals surface area contributed by atoms with Gasteiger partial charge in [-0.1, -0.05) is 64.5 Å². The molecule has 0 saturated carbocycles. The predicted octanol–water partition coefficient (Wildman–Crippen LogP) is 4.80. The van der Waals surface area contributed by atoms with E-state index in [1.807, 2.05) is 59.6 Å². The number of benzene rings is 3. The highest BCUT2D eigenvalue weighted by Crippen LogP contribution is 2.54. The Balaban J connectivity index is 1.59. The molecule has 1 N–H and O–H groups in total. The number of hydrogen-bond donors (Lipinski definition) is 1. The van der Waals surface area contributed by atoms with Crippen molar-refractivity contribution < 1.29 is 9.53 Å². The van der Waals surface area contributed by atoms with Gasteiger partial charge in [0, 0.05) is 16.5 Å². The number of hydrazone groups is 1. The van der Waals surface area contributed by atoms with Crippen LogP contribution < -0.4 is 10.1 Å². The number of nitrogens with zero attached hydrogens (tertiary/aromatic N) is 2. The molecule has 3 aliphatic heterocycles. The molecular weight excluding hydrogens is 430 g/mol. The van der Waals surface area contributed by atoms with E-state index in [2.05, 4.69) is 39.4 Å². The summed E-state index contributed by atoms with van der Waals surface area (Å²) >= 11 is 3.57. The minimum Gasteiger partial charge on any atom is -0.453 e. The fourth-order valence-corrected chi connectivity index (χ4v) is 4.85. The molecule has 0 fully saturated rings. The van der Waals surface area contributed by atoms with E-state index < -0.39 is 5.72 Å². The summed E-state index contributed by atoms with van der Waals surface area (Å²) in [5.41, 5.74) is 3.28. The molecule has 2 atom stereocenters. The summed E-state index contributed by atoms with van der Waals surface area (Å²) in [4.78, 5) is 13.3. The van der Waals surface area contributed by atoms with Crippen LogP contribution >= 0.6 is 15.9 Å². The number of fused-ring (bicyclic) bond motifs is 6. The first kappa shape index (κ1) is 16.8. The average Bonchev–Trinajstić information content (AvgIpc) is 3.31. The van der Waals surface area contributed by atoms with Crippen LogP contribution in [0.1, 0.15) is 29.2 Å². The fourth-order valence-electron chi connectivity index (χ4n) is 4.47. The van der Waals surface area contributed by atoms with Crippen LogP contribution in [0.25, 0.3) is 0 Å². The highest BCUT2D eigenvalue weighted by Gasteiger charge is 2.60. The molecule has 0 aliphatic carbocycles. The number of halogens is 1. The van der Waals surface area contributed by atoms with Gasteiger partial charge in [-0.25, -0.2) is 5.01 Å². The number of hydrogen-bond acceptors (Lipinski definition) is 4. The Labute approximate surface area is 176 Å². The lowest BCUT2D eigenvalue weighted by Crippen LogP contribution is -2.55. The van der Waals surface area contributed by atoms with Gasteiger partial charge in [0.2, 0.25) is 0 Å². The average molecular weight is 446 g/mol. The van der Waals surface area contributed by atoms with Crippen LogP contribution in [0.5, 0.6) is 5.75 Å². The second kappa shape index (κ2) is 5.94. The third-order valence-corrected chi connectivity index (χ3v) is 6.27. The number of carbonyl (C=O) groups is 1. The predicted molar refractivity (Wildman–Crippen MR) is 114 cm³/mol. The van der Waals surface area contributed by atoms with Gasteiger partial charge in [-0.05, 0) is 29.8 Å². The Kier molecular flexibility index (Phi) is 3.44. The smallest absolute Gasteiger partial charge is 0.306 e. The van der Waals surface area contributed by atoms with Crippen LogP contribution in [0.2, 0.25) is 0 Å². The second-order valence-electron chi connectivity index (χ2n) is 7.41. The van der Waals surface area contributed by atoms with Crippen molar-refractivity contribution in [3.63, 3.8) is 0 Å². The number of para-hydroxylation sites is 1. The largest absolute Gasteiger partial charge is 0.453 e. The van der Waals surface area contributed by atoms with Crippen LogP contribution in [0.15, 0.2) is 82.4 Å². The number of amides is 1. The molecule has 3 heterocycles. The SMILES string of the molecule is O=C1Nc2ccccc2[C@@]12Oc1ccc(Br)cc1[C@H]1CC(c3ccccc3)=NN12. The highest BCUT2D eigenvalue weighted by atomic mass is 79.9. The van der Waals surface area contributed by atoms with Crippen molar-refractivity contribution in [2.24, 2.45) is 5.10 Å². The molecule has 5 nitrogen and oxygen atoms in total. The van der Waals surface area contributed by atoms with Crippen molar-refractivity contribution in [1.29, 1.82) is 0 Å². The molecule has 3 aromatic carbocycles. The molecule has 6 rings (SSSR count). The van der Waals surface area contributed by atoms with E-state index in [-0.39, 0.29) is 11.9 Å². The molecule has 0 aromatic heterocycles. The number of carbonyl (C=O) groups excluding carboxylic acids is 1. The topological polar surface area (TPSA) is 53.9 Å². The van der Waals surface area contributed by atoms with Gasteiger partial charge < -0.3 is 10.1 Å². The van der Waals surface area contributed by atoms with Gasteiger partial charge >= 0.3 is 5.72 Å². The Morgan fingerprint density at radius 1 is 1.07 bits per heavy atom. The number of ether oxygens (including phenoxy) is 1. The van der Waals surface area contributed by atoms with Gasteiger partial charge in [-0.15, -0.1) is 0 Å². The summed E-state index contributed by atoms with van der Waals surface area (Å²) < 4.78 is 7.43. The van der Waals surface area contributed by atoms with Crippen LogP contribution in [-0.4, -0.2) is 16.6 Å². The fraction of sp³-hybridized carbons (Fsp3) is 0.130. The summed E-state index contributed by atoms with van der Waals surface area (Å²) in [5.74, 6) is 0.501. The molecule has 3 aromatic rings. The Bertz CT molecular complexity index is 1190. The standard InChI is InChI=1S/C23H16BrN3O2/c24-15-10-11-21-16(12-15)20-13-19(14-6-2-1-3-7-14)26-27(20)23(29-21)17-8-4-5-9-18(17)25-22(23)28/h1-12,20H,13H2,(H,25,28)/t20-,23-/m1/s1. The third kappa shape index (κ3) is 2.26. The monoisotopic (exact) mass is 445 g/mol. The summed E-state index contributed by atoms with van der Waals surface area (Å²) in [5, 5.41) is 9.78. The summed E-state index contributed by atoms with van der Waals surface area (Å²) in [6.45, 7) is 0. The zero-order valence-corrected chi connectivity index (χ0v) is 16.9. The molecule has 0 bridgehead atoms. The first-order valence-electron chi connectivity index (χ1n) is 9.48. The lowest BCUT2D eigenvalue weighted by Gasteiger charge is -2.44. The van der Waals surface area contributed by atoms with Crippen LogP contribution in [0.3, 0.4) is 0 Å². The number of anilines is 1. The van der Waals surface area contributed by atoms with E-state index in [9.17, 15) is 4.79 Å². The molecule has 1 spiro atoms. The molecule has 6 heteroatoms. The maximum Gasteiger partial charge on any atom is 0.306 e. The summed E-state index contributed by atoms with van der Waals surface area (Å²) in [6.07, 6.45) is 0.702. The van der Waals surface area contributed by atoms with Gasteiger partial charge in [0.25, 0.3) is 5.91 Å². The highest BCUT2D eigenvalue weighted by molar-refractivity contribution is 9.10. The van der Waals surface area contributed by atoms with Crippen molar-refractivity contribution in [2.75, 3.05) is 5.32 Å². The molecule has 1 amide bonds. The van der Waals surface area contributed by atoms with Crippen molar-refractivity contribution in [3.05, 3.63) is 94.0 Å². The van der Waals surface area contributed by atoms with Crippen molar-refractivity contribution in [1.82, 2.24) is 5.01 Å². The molecular formula is C23H16BrN3O2. The lowest BCUT2D eigenvalue weighted by molar-refractivity contribution is -0.161. The van der Waals surface area contributed by atoms with Gasteiger partial charge in [-0.3, -0.25) is 4.79 Å². The number of nitrogens with one attached hydrogen (secondary N) is 1. The summed E-state index contributed by atoms with van der Waals surface area (Å²) in [6, 6.07) is 23.6. The summed E-state index contributed by atoms with van der Waals surface area (Å²) in [7, 11) is 0. The van der Waals surface area contributed by atoms with Crippen molar-refractivity contribution in [2.45, 2.75) is 18.2 Å². The van der Waals surface area contributed by atoms with Crippen LogP contribution in [0.4, 0.5) is 5.69 Å². The van der Waals surface area contributed by atoms with Crippen LogP contribution in [-0.2, 0) is 10.5 Å². The molecule has 0 radical (unpaired) electrons. The Hall–Kier alpha value is -3.12. The minimum atomic E-state index is -1.31. The van der Waals surface area contributed by atoms with E-state index in [1.54, 1.807) is 0 Å². The minimum absolute atomic E-state index is 0.0941. The zero-order chi connectivity index (χ0) is 19.6. The van der Waals surface area contributed by atoms with Gasteiger partial charge in [0.15, 0.2) is 0 Å². The zero-order valence-electron chi connectivity index (χ0n) is 15.3. The maximum absolute atomic E-state index is 13.3. The molecule has 0 saturated heterocycles. The second-order valence-corrected chi connectivity index (χ2v) is 8.32. The van der Waals surface area contributed by atoms with Crippen LogP contribution in [0, 0.1) is 0 Å². The van der Waals surface area contributed by atoms with E-state index in [0.29, 0.717) is 12.2 Å². The quantitative estimate of drug-likeness (QED) is 0.585. The first-order chi connectivity index (χ1) is 14.2.